The van der Waals surface area contributed by atoms with Crippen LogP contribution in [-0.4, -0.2) is 165 Å². The Labute approximate surface area is 731 Å². The SMILES string of the molecule is C.C.CN1C(=O)C2CC=CCC2C1=O.CN1C(=O)c2ccccc2C1=O.COCC(=O)N(c1c(C)cccc1C)N1CCOC1=O.CSC(Cl)(Cl)Cl.C[P+](=O)O.Cc1cc(C(F)(F)F)c(Cl)c(C)c1Nc1ncc(C(F)(F)F)cc1Cl.Cc1ccc2nc3sc(=O)sc3nc2c1.Clc1nc(Cl)nc(Nc2ccccc2Cl)n1.[AlH3].[CH2]=[V]. The summed E-state index contributed by atoms with van der Waals surface area (Å²) in [4.78, 5) is 116. The van der Waals surface area contributed by atoms with Gasteiger partial charge in [0.1, 0.15) is 19.0 Å². The number of imide groups is 2. The van der Waals surface area contributed by atoms with Crippen molar-refractivity contribution in [3.63, 3.8) is 0 Å². The van der Waals surface area contributed by atoms with E-state index in [-0.39, 0.29) is 135 Å². The number of aromatic nitrogens is 6. The van der Waals surface area contributed by atoms with Crippen LogP contribution in [0.5, 0.6) is 0 Å². The second-order valence-corrected chi connectivity index (χ2v) is 32.1. The number of cyclic esters (lactones) is 1. The molecule has 13 rings (SSSR count). The third kappa shape index (κ3) is 30.3. The summed E-state index contributed by atoms with van der Waals surface area (Å²) >= 11 is 50.0. The second-order valence-electron chi connectivity index (χ2n) is 23.1. The van der Waals surface area contributed by atoms with Gasteiger partial charge in [-0.3, -0.25) is 38.6 Å². The first kappa shape index (κ1) is 104. The summed E-state index contributed by atoms with van der Waals surface area (Å²) in [5, 5.41) is 11.2. The van der Waals surface area contributed by atoms with Crippen molar-refractivity contribution in [1.29, 1.82) is 0 Å². The Morgan fingerprint density at radius 2 is 1.22 bits per heavy atom. The summed E-state index contributed by atoms with van der Waals surface area (Å²) < 4.78 is 94.6. The van der Waals surface area contributed by atoms with Crippen molar-refractivity contribution in [3.8, 4) is 0 Å². The molecule has 4 aromatic heterocycles. The molecule has 619 valence electrons. The number of para-hydroxylation sites is 2. The van der Waals surface area contributed by atoms with Crippen LogP contribution in [-0.2, 0) is 57.8 Å². The summed E-state index contributed by atoms with van der Waals surface area (Å²) in [6.45, 7) is 10.3. The predicted molar refractivity (Wildman–Crippen MR) is 451 cm³/mol. The molecule has 9 aromatic rings. The summed E-state index contributed by atoms with van der Waals surface area (Å²) in [7, 11) is 2.64. The maximum absolute atomic E-state index is 12.9. The first-order valence-corrected chi connectivity index (χ1v) is 40.4. The standard InChI is InChI=1S/C15H10Cl2F6N2.C14H18N2O4.C10H6N2OS2.C9H5Cl3N4.C9H11NO2.C9H7NO2.C2H3Cl3S.CH3O2P.2CH4.CH2.Al.V.3H/c1-6-3-9(15(21,22)23)11(17)7(2)12(6)25-13-10(16)4-8(5-24-13)14(18,19)20;1-10-5-4-6-11(2)13(10)16(12(17)9-19-3)15-7-8-20-14(15)18;1-5-2-3-6-7(4-5)12-9-8(11-6)14-10(13)15-9;10-5-3-1-2-4-6(5)13-9-15-7(11)14-8(12)16-9;2*1-10-8(11)6-4-2-3-5-7(6)9(10)12;1-6-2(3,4)5;1-4(2)3;;;;;;;;/h3-5H,1-2H3,(H,24,25);4-6H,7-9H2,1-3H3;2-4H,1H3;1-4H,(H,13,14,15,16);2-3,6-7H,4-5H2,1H3;2-5H,1H3;1H3;1H3;2*1H4;1H2;;;;;/p+1. The number of pyridine rings is 1. The number of ether oxygens (including phenoxy) is 2. The Morgan fingerprint density at radius 1 is 0.713 bits per heavy atom. The molecular weight excluding hydrogens is 1810 g/mol. The fourth-order valence-electron chi connectivity index (χ4n) is 10.2. The number of amides is 6. The van der Waals surface area contributed by atoms with Gasteiger partial charge in [0.25, 0.3) is 21.8 Å². The maximum atomic E-state index is 12.9. The molecule has 3 aliphatic heterocycles. The van der Waals surface area contributed by atoms with Crippen LogP contribution in [0.2, 0.25) is 25.6 Å². The van der Waals surface area contributed by atoms with Gasteiger partial charge in [-0.1, -0.05) is 168 Å². The number of fused-ring (bicyclic) bond motifs is 4. The number of carbonyl (C=O) groups is 6. The Hall–Kier alpha value is -6.67. The van der Waals surface area contributed by atoms with E-state index in [2.05, 4.69) is 62.7 Å². The number of methoxy groups -OCH3 is 1. The van der Waals surface area contributed by atoms with E-state index < -0.39 is 45.7 Å². The number of hydrogen-bond acceptors (Lipinski definition) is 21. The molecule has 23 nitrogen and oxygen atoms in total. The zero-order valence-corrected chi connectivity index (χ0v) is 71.1. The fraction of sp³-hybridized carbons (Fsp3) is 0.306. The van der Waals surface area contributed by atoms with Crippen LogP contribution in [0, 0.1) is 46.5 Å². The number of nitrogens with one attached hydrogen (secondary N) is 2. The topological polar surface area (TPSA) is 290 Å². The van der Waals surface area contributed by atoms with Gasteiger partial charge in [-0.25, -0.2) is 29.8 Å². The van der Waals surface area contributed by atoms with Crippen molar-refractivity contribution in [2.75, 3.05) is 69.5 Å². The molecule has 2 saturated heterocycles. The second kappa shape index (κ2) is 47.8. The number of hydrogen-bond donors (Lipinski definition) is 3. The number of thioether (sulfide) groups is 1. The van der Waals surface area contributed by atoms with Crippen LogP contribution < -0.4 is 19.7 Å². The fourth-order valence-corrected chi connectivity index (χ4v) is 13.0. The third-order valence-electron chi connectivity index (χ3n) is 15.3. The van der Waals surface area contributed by atoms with E-state index in [9.17, 15) is 59.9 Å². The molecular formula is C72H77AlCl8F6N12O11PS3V+. The van der Waals surface area contributed by atoms with Gasteiger partial charge < -0.3 is 20.1 Å². The van der Waals surface area contributed by atoms with Gasteiger partial charge in [0.15, 0.2) is 33.7 Å². The summed E-state index contributed by atoms with van der Waals surface area (Å²) in [5.41, 5.74) is 5.47. The van der Waals surface area contributed by atoms with Crippen molar-refractivity contribution in [2.24, 2.45) is 11.8 Å². The normalized spacial score (nSPS) is 14.3. The van der Waals surface area contributed by atoms with Crippen LogP contribution in [0.25, 0.3) is 20.7 Å². The van der Waals surface area contributed by atoms with Crippen LogP contribution in [0.4, 0.5) is 60.0 Å². The number of anilines is 5. The molecule has 0 radical (unpaired) electrons. The molecule has 7 heterocycles. The van der Waals surface area contributed by atoms with E-state index in [0.29, 0.717) is 46.3 Å². The number of halogens is 14. The van der Waals surface area contributed by atoms with Gasteiger partial charge in [0.05, 0.1) is 78.1 Å². The molecule has 4 aliphatic rings. The Bertz CT molecular complexity index is 4930. The van der Waals surface area contributed by atoms with Gasteiger partial charge in [0, 0.05) is 33.1 Å². The number of aryl methyl sites for hydroxylation is 4. The van der Waals surface area contributed by atoms with Crippen molar-refractivity contribution in [3.05, 3.63) is 200 Å². The Kier molecular flexibility index (Phi) is 43.4. The van der Waals surface area contributed by atoms with Gasteiger partial charge in [-0.05, 0) is 158 Å². The third-order valence-corrected chi connectivity index (χ3v) is 20.5. The van der Waals surface area contributed by atoms with Crippen molar-refractivity contribution < 1.29 is 91.0 Å². The average Bonchev–Trinajstić information content (AvgIpc) is 1.79. The molecule has 2 fully saturated rings. The van der Waals surface area contributed by atoms with Crippen molar-refractivity contribution in [2.45, 2.75) is 77.8 Å². The van der Waals surface area contributed by atoms with E-state index in [1.165, 1.54) is 61.3 Å². The van der Waals surface area contributed by atoms with E-state index in [0.717, 1.165) is 83.9 Å². The van der Waals surface area contributed by atoms with Gasteiger partial charge in [-0.15, -0.1) is 11.8 Å². The number of benzene rings is 5. The van der Waals surface area contributed by atoms with E-state index in [1.54, 1.807) is 49.7 Å². The molecule has 43 heteroatoms. The molecule has 0 saturated carbocycles. The minimum atomic E-state index is -4.63. The predicted octanol–water partition coefficient (Wildman–Crippen LogP) is 19.1. The van der Waals surface area contributed by atoms with Gasteiger partial charge in [-0.2, -0.15) is 46.2 Å². The Balaban J connectivity index is 0.000000459. The number of rotatable bonds is 8. The Morgan fingerprint density at radius 3 is 1.68 bits per heavy atom. The number of hydrazine groups is 1. The number of alkyl halides is 9. The zero-order chi connectivity index (χ0) is 84.0. The van der Waals surface area contributed by atoms with E-state index in [1.807, 2.05) is 81.5 Å². The number of likely N-dealkylation sites (tertiary alicyclic amines) is 1. The monoisotopic (exact) mass is 1880 g/mol. The zero-order valence-electron chi connectivity index (χ0n) is 60.3. The van der Waals surface area contributed by atoms with Crippen LogP contribution >= 0.6 is 135 Å². The van der Waals surface area contributed by atoms with Crippen LogP contribution in [0.15, 0.2) is 120 Å². The molecule has 115 heavy (non-hydrogen) atoms. The molecule has 5 aromatic carbocycles. The number of allylic oxidation sites excluding steroid dienone is 2. The number of nitrogens with zero attached hydrogens (tertiary/aromatic N) is 10. The van der Waals surface area contributed by atoms with Crippen molar-refractivity contribution >= 4 is 243 Å². The van der Waals surface area contributed by atoms with E-state index >= 15 is 0 Å². The van der Waals surface area contributed by atoms with E-state index in [4.69, 9.17) is 112 Å². The summed E-state index contributed by atoms with van der Waals surface area (Å²) in [6.07, 6.45) is -2.00. The summed E-state index contributed by atoms with van der Waals surface area (Å²) in [6, 6.07) is 27.2. The summed E-state index contributed by atoms with van der Waals surface area (Å²) in [5.74, 6) is -0.742. The minimum absolute atomic E-state index is 0. The van der Waals surface area contributed by atoms with Crippen molar-refractivity contribution in [1.82, 2.24) is 44.7 Å². The molecule has 3 unspecified atom stereocenters. The van der Waals surface area contributed by atoms with Crippen LogP contribution in [0.1, 0.15) is 87.4 Å². The van der Waals surface area contributed by atoms with Gasteiger partial charge >= 0.3 is 48.7 Å². The van der Waals surface area contributed by atoms with Gasteiger partial charge in [0.2, 0.25) is 31.5 Å². The molecule has 3 atom stereocenters. The quantitative estimate of drug-likeness (QED) is 0.0318. The molecule has 0 bridgehead atoms. The number of carbonyl (C=O) groups excluding carboxylic acids is 6. The average molecular weight is 1890 g/mol. The van der Waals surface area contributed by atoms with Crippen LogP contribution in [0.3, 0.4) is 0 Å². The first-order valence-electron chi connectivity index (χ1n) is 31.8. The molecule has 1 aliphatic carbocycles. The molecule has 6 amide bonds. The first-order chi connectivity index (χ1) is 52.5. The molecule has 3 N–H and O–H groups in total. The molecule has 0 spiro atoms.